The number of carbonyl (C=O) groups excluding carboxylic acids is 1. The first kappa shape index (κ1) is 17.0. The minimum Gasteiger partial charge on any atom is -0.360 e. The van der Waals surface area contributed by atoms with Crippen LogP contribution in [0.1, 0.15) is 21.7 Å². The van der Waals surface area contributed by atoms with Gasteiger partial charge in [-0.2, -0.15) is 0 Å². The first-order valence-electron chi connectivity index (χ1n) is 6.96. The number of carbonyl (C=O) groups is 1. The van der Waals surface area contributed by atoms with E-state index in [1.54, 1.807) is 6.92 Å². The fraction of sp³-hybridized carbons (Fsp3) is 0.250. The predicted molar refractivity (Wildman–Crippen MR) is 87.7 cm³/mol. The standard InChI is InChI=1S/C16H18N2O4S/c1-11-7-4-5-8-13(11)15-14(12(2)22-18-15)16(19)17-9-6-10-23(3,20)21/h4-8,10H,9H2,1-3H3,(H,17,19)/b10-6+. The van der Waals surface area contributed by atoms with Crippen molar-refractivity contribution in [2.75, 3.05) is 12.8 Å². The molecule has 1 N–H and O–H groups in total. The number of hydrogen-bond donors (Lipinski definition) is 1. The van der Waals surface area contributed by atoms with Gasteiger partial charge in [-0.3, -0.25) is 4.79 Å². The van der Waals surface area contributed by atoms with E-state index in [2.05, 4.69) is 10.5 Å². The molecule has 0 radical (unpaired) electrons. The zero-order valence-corrected chi connectivity index (χ0v) is 14.0. The summed E-state index contributed by atoms with van der Waals surface area (Å²) in [5, 5.41) is 7.68. The third-order valence-corrected chi connectivity index (χ3v) is 3.90. The van der Waals surface area contributed by atoms with Gasteiger partial charge in [0.15, 0.2) is 9.84 Å². The van der Waals surface area contributed by atoms with Gasteiger partial charge < -0.3 is 9.84 Å². The second-order valence-electron chi connectivity index (χ2n) is 5.19. The Bertz CT molecular complexity index is 851. The Morgan fingerprint density at radius 2 is 2.00 bits per heavy atom. The van der Waals surface area contributed by atoms with Gasteiger partial charge in [-0.15, -0.1) is 0 Å². The van der Waals surface area contributed by atoms with Gasteiger partial charge in [0.2, 0.25) is 0 Å². The smallest absolute Gasteiger partial charge is 0.257 e. The summed E-state index contributed by atoms with van der Waals surface area (Å²) in [6.07, 6.45) is 2.47. The SMILES string of the molecule is Cc1ccccc1-c1noc(C)c1C(=O)NC/C=C/S(C)(=O)=O. The van der Waals surface area contributed by atoms with E-state index < -0.39 is 9.84 Å². The molecule has 0 atom stereocenters. The number of sulfone groups is 1. The van der Waals surface area contributed by atoms with Crippen LogP contribution in [0.25, 0.3) is 11.3 Å². The molecule has 0 aliphatic carbocycles. The highest BCUT2D eigenvalue weighted by atomic mass is 32.2. The van der Waals surface area contributed by atoms with Crippen LogP contribution in [0.3, 0.4) is 0 Å². The first-order chi connectivity index (χ1) is 10.8. The fourth-order valence-corrected chi connectivity index (χ4v) is 2.57. The van der Waals surface area contributed by atoms with Crippen LogP contribution < -0.4 is 5.32 Å². The van der Waals surface area contributed by atoms with Crippen LogP contribution in [0, 0.1) is 13.8 Å². The van der Waals surface area contributed by atoms with Crippen molar-refractivity contribution in [3.63, 3.8) is 0 Å². The fourth-order valence-electron chi connectivity index (χ4n) is 2.12. The molecule has 0 spiro atoms. The Kier molecular flexibility index (Phi) is 5.00. The van der Waals surface area contributed by atoms with Gasteiger partial charge in [0.05, 0.1) is 0 Å². The summed E-state index contributed by atoms with van der Waals surface area (Å²) in [6, 6.07) is 7.56. The van der Waals surface area contributed by atoms with Crippen molar-refractivity contribution in [1.82, 2.24) is 10.5 Å². The van der Waals surface area contributed by atoms with E-state index in [1.165, 1.54) is 6.08 Å². The highest BCUT2D eigenvalue weighted by Gasteiger charge is 2.21. The lowest BCUT2D eigenvalue weighted by molar-refractivity contribution is 0.0957. The third kappa shape index (κ3) is 4.29. The van der Waals surface area contributed by atoms with Crippen LogP contribution >= 0.6 is 0 Å². The summed E-state index contributed by atoms with van der Waals surface area (Å²) in [5.41, 5.74) is 2.63. The Labute approximate surface area is 135 Å². The lowest BCUT2D eigenvalue weighted by Gasteiger charge is -2.05. The van der Waals surface area contributed by atoms with Gasteiger partial charge in [-0.1, -0.05) is 35.5 Å². The van der Waals surface area contributed by atoms with Crippen LogP contribution in [0.15, 0.2) is 40.3 Å². The number of hydrogen-bond acceptors (Lipinski definition) is 5. The molecule has 0 saturated heterocycles. The highest BCUT2D eigenvalue weighted by molar-refractivity contribution is 7.93. The minimum atomic E-state index is -3.20. The Morgan fingerprint density at radius 3 is 2.65 bits per heavy atom. The molecular formula is C16H18N2O4S. The molecule has 0 aliphatic rings. The van der Waals surface area contributed by atoms with E-state index in [9.17, 15) is 13.2 Å². The molecule has 0 aliphatic heterocycles. The molecule has 7 heteroatoms. The summed E-state index contributed by atoms with van der Waals surface area (Å²) < 4.78 is 27.2. The van der Waals surface area contributed by atoms with E-state index in [1.807, 2.05) is 31.2 Å². The summed E-state index contributed by atoms with van der Waals surface area (Å²) in [5.74, 6) is 0.0491. The average molecular weight is 334 g/mol. The molecule has 0 saturated carbocycles. The van der Waals surface area contributed by atoms with Gasteiger partial charge in [-0.25, -0.2) is 8.42 Å². The zero-order chi connectivity index (χ0) is 17.0. The average Bonchev–Trinajstić information content (AvgIpc) is 2.84. The van der Waals surface area contributed by atoms with E-state index in [-0.39, 0.29) is 12.5 Å². The van der Waals surface area contributed by atoms with E-state index in [0.29, 0.717) is 17.0 Å². The topological polar surface area (TPSA) is 89.3 Å². The van der Waals surface area contributed by atoms with Gasteiger partial charge in [0.1, 0.15) is 17.0 Å². The van der Waals surface area contributed by atoms with Gasteiger partial charge in [0, 0.05) is 23.8 Å². The molecule has 2 rings (SSSR count). The quantitative estimate of drug-likeness (QED) is 0.906. The maximum atomic E-state index is 12.4. The van der Waals surface area contributed by atoms with Crippen LogP contribution in [-0.4, -0.2) is 32.3 Å². The lowest BCUT2D eigenvalue weighted by Crippen LogP contribution is -2.24. The molecule has 1 aromatic carbocycles. The van der Waals surface area contributed by atoms with E-state index in [0.717, 1.165) is 22.8 Å². The number of amides is 1. The number of aryl methyl sites for hydroxylation is 2. The van der Waals surface area contributed by atoms with Gasteiger partial charge in [0.25, 0.3) is 5.91 Å². The molecular weight excluding hydrogens is 316 g/mol. The number of rotatable bonds is 5. The molecule has 1 amide bonds. The van der Waals surface area contributed by atoms with Crippen LogP contribution in [0.5, 0.6) is 0 Å². The number of aromatic nitrogens is 1. The van der Waals surface area contributed by atoms with Crippen LogP contribution in [0.2, 0.25) is 0 Å². The first-order valence-corrected chi connectivity index (χ1v) is 8.92. The normalized spacial score (nSPS) is 11.8. The van der Waals surface area contributed by atoms with E-state index in [4.69, 9.17) is 4.52 Å². The minimum absolute atomic E-state index is 0.101. The summed E-state index contributed by atoms with van der Waals surface area (Å²) in [6.45, 7) is 3.69. The monoisotopic (exact) mass is 334 g/mol. The lowest BCUT2D eigenvalue weighted by atomic mass is 10.0. The van der Waals surface area contributed by atoms with Gasteiger partial charge >= 0.3 is 0 Å². The van der Waals surface area contributed by atoms with E-state index >= 15 is 0 Å². The van der Waals surface area contributed by atoms with Crippen molar-refractivity contribution < 1.29 is 17.7 Å². The van der Waals surface area contributed by atoms with Crippen LogP contribution in [-0.2, 0) is 9.84 Å². The molecule has 6 nitrogen and oxygen atoms in total. The molecule has 23 heavy (non-hydrogen) atoms. The second-order valence-corrected chi connectivity index (χ2v) is 7.12. The Morgan fingerprint density at radius 1 is 1.30 bits per heavy atom. The Hall–Kier alpha value is -2.41. The third-order valence-electron chi connectivity index (χ3n) is 3.21. The number of benzene rings is 1. The second kappa shape index (κ2) is 6.78. The molecule has 0 bridgehead atoms. The van der Waals surface area contributed by atoms with Crippen molar-refractivity contribution in [2.24, 2.45) is 0 Å². The van der Waals surface area contributed by atoms with Crippen LogP contribution in [0.4, 0.5) is 0 Å². The largest absolute Gasteiger partial charge is 0.360 e. The van der Waals surface area contributed by atoms with Crippen molar-refractivity contribution >= 4 is 15.7 Å². The molecule has 0 fully saturated rings. The van der Waals surface area contributed by atoms with Crippen molar-refractivity contribution in [1.29, 1.82) is 0 Å². The zero-order valence-electron chi connectivity index (χ0n) is 13.2. The maximum Gasteiger partial charge on any atom is 0.257 e. The number of nitrogens with one attached hydrogen (secondary N) is 1. The summed E-state index contributed by atoms with van der Waals surface area (Å²) in [4.78, 5) is 12.4. The van der Waals surface area contributed by atoms with Crippen molar-refractivity contribution in [2.45, 2.75) is 13.8 Å². The van der Waals surface area contributed by atoms with Crippen molar-refractivity contribution in [3.05, 3.63) is 52.6 Å². The molecule has 1 heterocycles. The maximum absolute atomic E-state index is 12.4. The molecule has 2 aromatic rings. The van der Waals surface area contributed by atoms with Gasteiger partial charge in [-0.05, 0) is 19.4 Å². The highest BCUT2D eigenvalue weighted by Crippen LogP contribution is 2.27. The molecule has 1 aromatic heterocycles. The summed E-state index contributed by atoms with van der Waals surface area (Å²) >= 11 is 0. The van der Waals surface area contributed by atoms with Crippen molar-refractivity contribution in [3.8, 4) is 11.3 Å². The molecule has 0 unspecified atom stereocenters. The predicted octanol–water partition coefficient (Wildman–Crippen LogP) is 2.25. The Balaban J connectivity index is 2.24. The summed E-state index contributed by atoms with van der Waals surface area (Å²) in [7, 11) is -3.20. The molecule has 122 valence electrons. The number of nitrogens with zero attached hydrogens (tertiary/aromatic N) is 1.